The number of fused-ring (bicyclic) bond motifs is 1. The van der Waals surface area contributed by atoms with Gasteiger partial charge in [-0.25, -0.2) is 14.6 Å². The van der Waals surface area contributed by atoms with Crippen molar-refractivity contribution in [2.75, 3.05) is 0 Å². The molecule has 0 radical (unpaired) electrons. The number of carbonyl (C=O) groups excluding carboxylic acids is 2. The number of benzene rings is 3. The number of rotatable bonds is 5. The summed E-state index contributed by atoms with van der Waals surface area (Å²) >= 11 is 7.59. The number of hydrogen-bond donors (Lipinski definition) is 0. The maximum Gasteiger partial charge on any atom is 0.363 e. The molecule has 0 unspecified atom stereocenters. The number of nitrogens with zero attached hydrogens (tertiary/aromatic N) is 2. The molecule has 1 aliphatic heterocycles. The standard InChI is InChI=1S/C25H13ClN2O6S/c26-21-17-11-10-16(28(31)32)13-20(17)35-22(21)23-27-18(25(30)34-23)12-15-8-4-5-9-19(15)33-24(29)14-6-2-1-3-7-14/h1-13H/b18-12+. The van der Waals surface area contributed by atoms with Gasteiger partial charge in [-0.3, -0.25) is 10.1 Å². The van der Waals surface area contributed by atoms with E-state index in [-0.39, 0.29) is 28.1 Å². The third kappa shape index (κ3) is 4.42. The van der Waals surface area contributed by atoms with Crippen LogP contribution in [-0.2, 0) is 9.53 Å². The molecule has 0 bridgehead atoms. The predicted octanol–water partition coefficient (Wildman–Crippen LogP) is 6.03. The SMILES string of the molecule is O=C1OC(c2sc3cc([N+](=O)[O-])ccc3c2Cl)=N/C1=C/c1ccccc1OC(=O)c1ccccc1. The van der Waals surface area contributed by atoms with Crippen molar-refractivity contribution in [1.82, 2.24) is 0 Å². The minimum Gasteiger partial charge on any atom is -0.422 e. The number of thiophene rings is 1. The van der Waals surface area contributed by atoms with Crippen LogP contribution >= 0.6 is 22.9 Å². The molecule has 0 fully saturated rings. The Hall–Kier alpha value is -4.34. The fourth-order valence-corrected chi connectivity index (χ4v) is 4.86. The zero-order valence-electron chi connectivity index (χ0n) is 17.6. The topological polar surface area (TPSA) is 108 Å². The van der Waals surface area contributed by atoms with Crippen molar-refractivity contribution in [2.45, 2.75) is 0 Å². The van der Waals surface area contributed by atoms with Crippen LogP contribution in [0.3, 0.4) is 0 Å². The van der Waals surface area contributed by atoms with Crippen LogP contribution in [0.5, 0.6) is 5.75 Å². The number of nitro groups is 1. The van der Waals surface area contributed by atoms with Crippen LogP contribution in [0.4, 0.5) is 5.69 Å². The van der Waals surface area contributed by atoms with Crippen molar-refractivity contribution in [3.8, 4) is 5.75 Å². The van der Waals surface area contributed by atoms with Crippen molar-refractivity contribution in [3.05, 3.63) is 110 Å². The molecule has 0 saturated heterocycles. The summed E-state index contributed by atoms with van der Waals surface area (Å²) in [7, 11) is 0. The fourth-order valence-electron chi connectivity index (χ4n) is 3.38. The minimum atomic E-state index is -0.705. The summed E-state index contributed by atoms with van der Waals surface area (Å²) < 4.78 is 11.4. The lowest BCUT2D eigenvalue weighted by Crippen LogP contribution is -2.09. The Balaban J connectivity index is 1.47. The molecule has 5 rings (SSSR count). The molecule has 172 valence electrons. The van der Waals surface area contributed by atoms with E-state index < -0.39 is 16.9 Å². The van der Waals surface area contributed by atoms with Gasteiger partial charge in [-0.15, -0.1) is 11.3 Å². The van der Waals surface area contributed by atoms with Gasteiger partial charge < -0.3 is 9.47 Å². The highest BCUT2D eigenvalue weighted by atomic mass is 35.5. The van der Waals surface area contributed by atoms with Gasteiger partial charge in [-0.2, -0.15) is 0 Å². The van der Waals surface area contributed by atoms with Crippen LogP contribution in [0, 0.1) is 10.1 Å². The van der Waals surface area contributed by atoms with Crippen LogP contribution < -0.4 is 4.74 Å². The van der Waals surface area contributed by atoms with E-state index in [4.69, 9.17) is 21.1 Å². The number of esters is 2. The predicted molar refractivity (Wildman–Crippen MR) is 132 cm³/mol. The first kappa shape index (κ1) is 22.5. The number of halogens is 1. The number of para-hydroxylation sites is 1. The van der Waals surface area contributed by atoms with E-state index in [0.717, 1.165) is 11.3 Å². The molecule has 0 amide bonds. The summed E-state index contributed by atoms with van der Waals surface area (Å²) in [6, 6.07) is 19.5. The Morgan fingerprint density at radius 3 is 2.60 bits per heavy atom. The molecule has 10 heteroatoms. The molecule has 0 saturated carbocycles. The Labute approximate surface area is 206 Å². The van der Waals surface area contributed by atoms with Gasteiger partial charge in [0.1, 0.15) is 10.6 Å². The molecule has 8 nitrogen and oxygen atoms in total. The normalized spacial score (nSPS) is 14.1. The Kier molecular flexibility index (Phi) is 5.86. The van der Waals surface area contributed by atoms with Gasteiger partial charge in [0.15, 0.2) is 5.70 Å². The molecular formula is C25H13ClN2O6S. The average molecular weight is 505 g/mol. The molecule has 0 aliphatic carbocycles. The molecule has 0 N–H and O–H groups in total. The number of ether oxygens (including phenoxy) is 2. The van der Waals surface area contributed by atoms with Gasteiger partial charge in [-0.05, 0) is 30.3 Å². The van der Waals surface area contributed by atoms with Crippen molar-refractivity contribution in [2.24, 2.45) is 4.99 Å². The third-order valence-corrected chi connectivity index (χ3v) is 6.71. The highest BCUT2D eigenvalue weighted by Crippen LogP contribution is 2.39. The molecule has 1 aliphatic rings. The van der Waals surface area contributed by atoms with Crippen LogP contribution in [0.15, 0.2) is 83.5 Å². The number of aliphatic imine (C=N–C) groups is 1. The van der Waals surface area contributed by atoms with Crippen molar-refractivity contribution in [3.63, 3.8) is 0 Å². The van der Waals surface area contributed by atoms with Crippen LogP contribution in [-0.4, -0.2) is 22.8 Å². The smallest absolute Gasteiger partial charge is 0.363 e. The number of nitro benzene ring substituents is 1. The number of cyclic esters (lactones) is 1. The lowest BCUT2D eigenvalue weighted by molar-refractivity contribution is -0.384. The summed E-state index contributed by atoms with van der Waals surface area (Å²) in [6.45, 7) is 0. The molecule has 0 atom stereocenters. The average Bonchev–Trinajstić information content (AvgIpc) is 3.39. The fraction of sp³-hybridized carbons (Fsp3) is 0. The quantitative estimate of drug-likeness (QED) is 0.108. The first-order valence-corrected chi connectivity index (χ1v) is 11.4. The van der Waals surface area contributed by atoms with E-state index >= 15 is 0 Å². The van der Waals surface area contributed by atoms with Gasteiger partial charge in [0, 0.05) is 27.8 Å². The van der Waals surface area contributed by atoms with Crippen molar-refractivity contribution < 1.29 is 24.0 Å². The highest BCUT2D eigenvalue weighted by Gasteiger charge is 2.29. The highest BCUT2D eigenvalue weighted by molar-refractivity contribution is 7.21. The molecule has 2 heterocycles. The van der Waals surface area contributed by atoms with Gasteiger partial charge in [0.25, 0.3) is 5.69 Å². The summed E-state index contributed by atoms with van der Waals surface area (Å²) in [4.78, 5) is 40.3. The van der Waals surface area contributed by atoms with Gasteiger partial charge >= 0.3 is 11.9 Å². The lowest BCUT2D eigenvalue weighted by Gasteiger charge is -2.07. The van der Waals surface area contributed by atoms with Gasteiger partial charge in [-0.1, -0.05) is 48.0 Å². The third-order valence-electron chi connectivity index (χ3n) is 5.06. The largest absolute Gasteiger partial charge is 0.422 e. The van der Waals surface area contributed by atoms with E-state index in [1.807, 2.05) is 0 Å². The second-order valence-electron chi connectivity index (χ2n) is 7.31. The Morgan fingerprint density at radius 1 is 1.09 bits per heavy atom. The minimum absolute atomic E-state index is 0.00568. The van der Waals surface area contributed by atoms with E-state index in [1.165, 1.54) is 18.2 Å². The molecule has 1 aromatic heterocycles. The van der Waals surface area contributed by atoms with Gasteiger partial charge in [0.05, 0.1) is 15.5 Å². The van der Waals surface area contributed by atoms with Crippen molar-refractivity contribution >= 4 is 62.6 Å². The van der Waals surface area contributed by atoms with Gasteiger partial charge in [0.2, 0.25) is 5.90 Å². The van der Waals surface area contributed by atoms with Crippen LogP contribution in [0.25, 0.3) is 16.2 Å². The molecule has 35 heavy (non-hydrogen) atoms. The first-order chi connectivity index (χ1) is 16.9. The van der Waals surface area contributed by atoms with Crippen molar-refractivity contribution in [1.29, 1.82) is 0 Å². The number of hydrogen-bond acceptors (Lipinski definition) is 8. The van der Waals surface area contributed by atoms with E-state index in [9.17, 15) is 19.7 Å². The maximum atomic E-state index is 12.5. The maximum absolute atomic E-state index is 12.5. The van der Waals surface area contributed by atoms with E-state index in [1.54, 1.807) is 60.7 Å². The first-order valence-electron chi connectivity index (χ1n) is 10.2. The van der Waals surface area contributed by atoms with Crippen LogP contribution in [0.2, 0.25) is 5.02 Å². The zero-order valence-corrected chi connectivity index (χ0v) is 19.2. The number of carbonyl (C=O) groups is 2. The van der Waals surface area contributed by atoms with E-state index in [2.05, 4.69) is 4.99 Å². The molecule has 3 aromatic carbocycles. The summed E-state index contributed by atoms with van der Waals surface area (Å²) in [6.07, 6.45) is 1.45. The summed E-state index contributed by atoms with van der Waals surface area (Å²) in [5.74, 6) is -1.00. The molecule has 0 spiro atoms. The Bertz CT molecular complexity index is 1580. The van der Waals surface area contributed by atoms with E-state index in [0.29, 0.717) is 26.1 Å². The monoisotopic (exact) mass is 504 g/mol. The second-order valence-corrected chi connectivity index (χ2v) is 8.74. The second kappa shape index (κ2) is 9.13. The number of non-ortho nitro benzene ring substituents is 1. The Morgan fingerprint density at radius 2 is 1.83 bits per heavy atom. The lowest BCUT2D eigenvalue weighted by atomic mass is 10.1. The zero-order chi connectivity index (χ0) is 24.5. The molecular weight excluding hydrogens is 492 g/mol. The van der Waals surface area contributed by atoms with Crippen LogP contribution in [0.1, 0.15) is 20.8 Å². The summed E-state index contributed by atoms with van der Waals surface area (Å²) in [5.41, 5.74) is 0.749. The summed E-state index contributed by atoms with van der Waals surface area (Å²) in [5, 5.41) is 11.9. The molecule has 4 aromatic rings.